The summed E-state index contributed by atoms with van der Waals surface area (Å²) in [5.74, 6) is -2.25. The number of fused-ring (bicyclic) bond motifs is 1. The monoisotopic (exact) mass is 537 g/mol. The Labute approximate surface area is 213 Å². The lowest BCUT2D eigenvalue weighted by Crippen LogP contribution is -2.25. The molecule has 12 heteroatoms. The summed E-state index contributed by atoms with van der Waals surface area (Å²) in [6.07, 6.45) is -0.680. The van der Waals surface area contributed by atoms with Gasteiger partial charge in [0.05, 0.1) is 11.4 Å². The number of rotatable bonds is 9. The van der Waals surface area contributed by atoms with Crippen LogP contribution in [0.2, 0.25) is 0 Å². The fourth-order valence-electron chi connectivity index (χ4n) is 3.71. The predicted molar refractivity (Wildman–Crippen MR) is 136 cm³/mol. The maximum Gasteiger partial charge on any atom is 0.414 e. The van der Waals surface area contributed by atoms with E-state index in [9.17, 15) is 22.4 Å². The number of benzene rings is 2. The van der Waals surface area contributed by atoms with E-state index in [1.54, 1.807) is 25.9 Å². The Hall–Kier alpha value is -3.51. The van der Waals surface area contributed by atoms with Crippen molar-refractivity contribution in [2.24, 2.45) is 0 Å². The molecule has 3 rings (SSSR count). The molecule has 0 bridgehead atoms. The van der Waals surface area contributed by atoms with Gasteiger partial charge in [0.25, 0.3) is 0 Å². The summed E-state index contributed by atoms with van der Waals surface area (Å²) in [6, 6.07) is 6.42. The average molecular weight is 538 g/mol. The predicted octanol–water partition coefficient (Wildman–Crippen LogP) is 3.94. The third-order valence-electron chi connectivity index (χ3n) is 5.39. The number of ether oxygens (including phenoxy) is 1. The first-order chi connectivity index (χ1) is 17.3. The largest absolute Gasteiger partial charge is 0.422 e. The first kappa shape index (κ1) is 28.1. The van der Waals surface area contributed by atoms with Crippen LogP contribution in [0.1, 0.15) is 30.0 Å². The molecule has 0 aliphatic rings. The average Bonchev–Trinajstić information content (AvgIpc) is 2.79. The number of carbonyl (C=O) groups is 1. The van der Waals surface area contributed by atoms with Crippen LogP contribution in [0.5, 0.6) is 5.75 Å². The molecule has 0 unspecified atom stereocenters. The summed E-state index contributed by atoms with van der Waals surface area (Å²) in [7, 11) is 2.63. The Morgan fingerprint density at radius 3 is 2.43 bits per heavy atom. The normalized spacial score (nSPS) is 11.7. The zero-order valence-electron chi connectivity index (χ0n) is 21.2. The van der Waals surface area contributed by atoms with Crippen molar-refractivity contribution in [2.45, 2.75) is 26.3 Å². The second-order valence-corrected chi connectivity index (χ2v) is 10.8. The van der Waals surface area contributed by atoms with Crippen molar-refractivity contribution < 1.29 is 31.1 Å². The zero-order valence-corrected chi connectivity index (χ0v) is 22.0. The van der Waals surface area contributed by atoms with Gasteiger partial charge < -0.3 is 19.0 Å². The maximum absolute atomic E-state index is 15.3. The molecule has 37 heavy (non-hydrogen) atoms. The number of halogens is 2. The SMILES string of the molecule is CCCS(=O)(=O)Nc1cccc(Cc2c(CN(C)C)c3cc(F)c(OC(=O)N(C)C)cc3oc2=O)c1F. The molecule has 1 heterocycles. The summed E-state index contributed by atoms with van der Waals surface area (Å²) in [4.78, 5) is 27.8. The third kappa shape index (κ3) is 6.63. The molecule has 9 nitrogen and oxygen atoms in total. The van der Waals surface area contributed by atoms with Crippen molar-refractivity contribution in [2.75, 3.05) is 38.7 Å². The fourth-order valence-corrected chi connectivity index (χ4v) is 4.85. The molecule has 0 aliphatic heterocycles. The van der Waals surface area contributed by atoms with E-state index >= 15 is 4.39 Å². The van der Waals surface area contributed by atoms with Crippen LogP contribution in [0, 0.1) is 11.6 Å². The molecule has 200 valence electrons. The van der Waals surface area contributed by atoms with E-state index in [2.05, 4.69) is 4.72 Å². The highest BCUT2D eigenvalue weighted by molar-refractivity contribution is 7.92. The molecule has 0 aliphatic carbocycles. The number of hydrogen-bond acceptors (Lipinski definition) is 7. The maximum atomic E-state index is 15.3. The number of amides is 1. The van der Waals surface area contributed by atoms with E-state index in [0.717, 1.165) is 17.0 Å². The zero-order chi connectivity index (χ0) is 27.5. The number of anilines is 1. The van der Waals surface area contributed by atoms with Crippen LogP contribution in [-0.2, 0) is 23.0 Å². The Morgan fingerprint density at radius 1 is 1.11 bits per heavy atom. The van der Waals surface area contributed by atoms with Crippen LogP contribution in [0.25, 0.3) is 11.0 Å². The van der Waals surface area contributed by atoms with Crippen molar-refractivity contribution >= 4 is 32.8 Å². The highest BCUT2D eigenvalue weighted by atomic mass is 32.2. The van der Waals surface area contributed by atoms with E-state index in [4.69, 9.17) is 9.15 Å². The first-order valence-electron chi connectivity index (χ1n) is 11.4. The molecule has 1 amide bonds. The summed E-state index contributed by atoms with van der Waals surface area (Å²) in [6.45, 7) is 1.88. The molecule has 1 N–H and O–H groups in total. The van der Waals surface area contributed by atoms with Crippen LogP contribution >= 0.6 is 0 Å². The van der Waals surface area contributed by atoms with E-state index in [0.29, 0.717) is 12.0 Å². The molecule has 3 aromatic rings. The fraction of sp³-hybridized carbons (Fsp3) is 0.360. The quantitative estimate of drug-likeness (QED) is 0.412. The number of nitrogens with zero attached hydrogens (tertiary/aromatic N) is 2. The van der Waals surface area contributed by atoms with Gasteiger partial charge in [0, 0.05) is 44.1 Å². The van der Waals surface area contributed by atoms with Gasteiger partial charge in [-0.2, -0.15) is 0 Å². The van der Waals surface area contributed by atoms with E-state index in [1.807, 2.05) is 0 Å². The molecule has 0 spiro atoms. The van der Waals surface area contributed by atoms with Crippen molar-refractivity contribution in [3.05, 3.63) is 69.1 Å². The van der Waals surface area contributed by atoms with Gasteiger partial charge in [-0.05, 0) is 43.8 Å². The lowest BCUT2D eigenvalue weighted by atomic mass is 9.97. The van der Waals surface area contributed by atoms with Gasteiger partial charge in [-0.25, -0.2) is 26.8 Å². The Balaban J connectivity index is 2.12. The molecule has 0 atom stereocenters. The summed E-state index contributed by atoms with van der Waals surface area (Å²) in [5, 5.41) is 0.255. The van der Waals surface area contributed by atoms with Gasteiger partial charge in [0.1, 0.15) is 5.58 Å². The minimum Gasteiger partial charge on any atom is -0.422 e. The lowest BCUT2D eigenvalue weighted by molar-refractivity contribution is 0.170. The first-order valence-corrected chi connectivity index (χ1v) is 13.1. The van der Waals surface area contributed by atoms with Crippen LogP contribution in [-0.4, -0.2) is 58.3 Å². The van der Waals surface area contributed by atoms with Gasteiger partial charge in [0.15, 0.2) is 17.4 Å². The van der Waals surface area contributed by atoms with Crippen molar-refractivity contribution in [3.63, 3.8) is 0 Å². The third-order valence-corrected chi connectivity index (χ3v) is 6.87. The van der Waals surface area contributed by atoms with Gasteiger partial charge in [-0.1, -0.05) is 19.1 Å². The minimum absolute atomic E-state index is 0.00453. The molecule has 0 radical (unpaired) electrons. The number of carbonyl (C=O) groups excluding carboxylic acids is 1. The van der Waals surface area contributed by atoms with Gasteiger partial charge >= 0.3 is 11.7 Å². The second-order valence-electron chi connectivity index (χ2n) is 9.00. The van der Waals surface area contributed by atoms with Crippen molar-refractivity contribution in [1.29, 1.82) is 0 Å². The molecule has 1 aromatic heterocycles. The molecule has 0 fully saturated rings. The van der Waals surface area contributed by atoms with E-state index in [1.165, 1.54) is 32.3 Å². The Bertz CT molecular complexity index is 1490. The second kappa shape index (κ2) is 11.3. The van der Waals surface area contributed by atoms with Gasteiger partial charge in [0.2, 0.25) is 10.0 Å². The Morgan fingerprint density at radius 2 is 1.81 bits per heavy atom. The molecular formula is C25H29F2N3O6S. The lowest BCUT2D eigenvalue weighted by Gasteiger charge is -2.17. The van der Waals surface area contributed by atoms with Crippen molar-refractivity contribution in [3.8, 4) is 5.75 Å². The molecule has 2 aromatic carbocycles. The smallest absolute Gasteiger partial charge is 0.414 e. The van der Waals surface area contributed by atoms with Crippen LogP contribution in [0.4, 0.5) is 19.3 Å². The topological polar surface area (TPSA) is 109 Å². The standard InChI is InChI=1S/C25H29F2N3O6S/c1-6-10-37(33,34)28-20-9-7-8-15(23(20)27)11-17-18(14-29(2)3)16-12-19(26)22(36-25(32)30(4)5)13-21(16)35-24(17)31/h7-9,12-13,28H,6,10-11,14H2,1-5H3. The summed E-state index contributed by atoms with van der Waals surface area (Å²) < 4.78 is 67.2. The number of sulfonamides is 1. The van der Waals surface area contributed by atoms with E-state index < -0.39 is 39.1 Å². The summed E-state index contributed by atoms with van der Waals surface area (Å²) in [5.41, 5.74) is -0.473. The summed E-state index contributed by atoms with van der Waals surface area (Å²) >= 11 is 0. The highest BCUT2D eigenvalue weighted by Gasteiger charge is 2.22. The Kier molecular flexibility index (Phi) is 8.54. The minimum atomic E-state index is -3.74. The highest BCUT2D eigenvalue weighted by Crippen LogP contribution is 2.30. The number of nitrogens with one attached hydrogen (secondary N) is 1. The van der Waals surface area contributed by atoms with Gasteiger partial charge in [-0.3, -0.25) is 4.72 Å². The molecule has 0 saturated heterocycles. The molecule has 0 saturated carbocycles. The van der Waals surface area contributed by atoms with Crippen LogP contribution in [0.15, 0.2) is 39.5 Å². The van der Waals surface area contributed by atoms with Gasteiger partial charge in [-0.15, -0.1) is 0 Å². The van der Waals surface area contributed by atoms with E-state index in [-0.39, 0.29) is 46.5 Å². The molecular weight excluding hydrogens is 508 g/mol. The number of hydrogen-bond donors (Lipinski definition) is 1. The van der Waals surface area contributed by atoms with Crippen LogP contribution in [0.3, 0.4) is 0 Å². The van der Waals surface area contributed by atoms with Crippen LogP contribution < -0.4 is 15.1 Å². The van der Waals surface area contributed by atoms with Crippen molar-refractivity contribution in [1.82, 2.24) is 9.80 Å².